The predicted molar refractivity (Wildman–Crippen MR) is 74.3 cm³/mol. The number of nitrogens with zero attached hydrogens (tertiary/aromatic N) is 3. The van der Waals surface area contributed by atoms with Crippen molar-refractivity contribution < 1.29 is 9.53 Å². The second-order valence-electron chi connectivity index (χ2n) is 4.38. The van der Waals surface area contributed by atoms with E-state index in [1.165, 1.54) is 4.68 Å². The number of aromatic nitrogens is 3. The second-order valence-corrected chi connectivity index (χ2v) is 5.13. The van der Waals surface area contributed by atoms with Crippen LogP contribution in [0.1, 0.15) is 29.9 Å². The van der Waals surface area contributed by atoms with Crippen molar-refractivity contribution in [3.63, 3.8) is 0 Å². The Kier molecular flexibility index (Phi) is 3.99. The Labute approximate surface area is 119 Å². The predicted octanol–water partition coefficient (Wildman–Crippen LogP) is 2.60. The van der Waals surface area contributed by atoms with Gasteiger partial charge in [0.2, 0.25) is 5.78 Å². The molecule has 6 heteroatoms. The van der Waals surface area contributed by atoms with Crippen LogP contribution in [0.3, 0.4) is 0 Å². The van der Waals surface area contributed by atoms with Crippen LogP contribution in [0.25, 0.3) is 0 Å². The highest BCUT2D eigenvalue weighted by atomic mass is 79.9. The minimum atomic E-state index is -0.145. The third-order valence-electron chi connectivity index (χ3n) is 2.47. The molecule has 1 aromatic heterocycles. The Hall–Kier alpha value is -1.69. The van der Waals surface area contributed by atoms with Crippen molar-refractivity contribution in [3.8, 4) is 5.75 Å². The first-order valence-corrected chi connectivity index (χ1v) is 6.65. The number of ketones is 1. The SMILES string of the molecule is CC(C)Oc1cccc(C(=O)c2c(Br)nnn2C)c1. The molecule has 0 radical (unpaired) electrons. The topological polar surface area (TPSA) is 57.0 Å². The third kappa shape index (κ3) is 3.01. The lowest BCUT2D eigenvalue weighted by Crippen LogP contribution is -2.10. The van der Waals surface area contributed by atoms with Crippen LogP contribution in [-0.4, -0.2) is 26.9 Å². The van der Waals surface area contributed by atoms with E-state index in [4.69, 9.17) is 4.74 Å². The number of carbonyl (C=O) groups is 1. The van der Waals surface area contributed by atoms with E-state index in [9.17, 15) is 4.79 Å². The maximum absolute atomic E-state index is 12.4. The molecule has 0 amide bonds. The van der Waals surface area contributed by atoms with Crippen molar-refractivity contribution in [2.24, 2.45) is 7.05 Å². The quantitative estimate of drug-likeness (QED) is 0.811. The Morgan fingerprint density at radius 1 is 1.42 bits per heavy atom. The zero-order valence-electron chi connectivity index (χ0n) is 10.9. The maximum atomic E-state index is 12.4. The summed E-state index contributed by atoms with van der Waals surface area (Å²) in [6.45, 7) is 3.88. The van der Waals surface area contributed by atoms with E-state index in [2.05, 4.69) is 26.2 Å². The zero-order chi connectivity index (χ0) is 14.0. The molecule has 0 unspecified atom stereocenters. The first kappa shape index (κ1) is 13.7. The summed E-state index contributed by atoms with van der Waals surface area (Å²) in [5.41, 5.74) is 0.964. The van der Waals surface area contributed by atoms with E-state index in [1.54, 1.807) is 25.2 Å². The van der Waals surface area contributed by atoms with E-state index < -0.39 is 0 Å². The molecule has 0 spiro atoms. The molecule has 5 nitrogen and oxygen atoms in total. The standard InChI is InChI=1S/C13H14BrN3O2/c1-8(2)19-10-6-4-5-9(7-10)12(18)11-13(14)15-16-17(11)3/h4-8H,1-3H3. The van der Waals surface area contributed by atoms with Gasteiger partial charge in [-0.25, -0.2) is 4.68 Å². The van der Waals surface area contributed by atoms with Gasteiger partial charge in [-0.2, -0.15) is 0 Å². The van der Waals surface area contributed by atoms with Crippen LogP contribution >= 0.6 is 15.9 Å². The van der Waals surface area contributed by atoms with Gasteiger partial charge in [-0.05, 0) is 41.9 Å². The summed E-state index contributed by atoms with van der Waals surface area (Å²) in [5, 5.41) is 7.61. The Bertz CT molecular complexity index is 588. The van der Waals surface area contributed by atoms with Gasteiger partial charge in [-0.3, -0.25) is 4.79 Å². The molecule has 0 aliphatic heterocycles. The Morgan fingerprint density at radius 2 is 2.16 bits per heavy atom. The normalized spacial score (nSPS) is 10.8. The Balaban J connectivity index is 2.34. The number of aryl methyl sites for hydroxylation is 1. The molecule has 2 rings (SSSR count). The van der Waals surface area contributed by atoms with Crippen molar-refractivity contribution in [3.05, 3.63) is 40.1 Å². The molecule has 0 atom stereocenters. The van der Waals surface area contributed by atoms with Gasteiger partial charge >= 0.3 is 0 Å². The number of ether oxygens (including phenoxy) is 1. The highest BCUT2D eigenvalue weighted by Gasteiger charge is 2.19. The van der Waals surface area contributed by atoms with Gasteiger partial charge in [0.1, 0.15) is 11.4 Å². The van der Waals surface area contributed by atoms with Gasteiger partial charge < -0.3 is 4.74 Å². The number of hydrogen-bond acceptors (Lipinski definition) is 4. The molecule has 100 valence electrons. The van der Waals surface area contributed by atoms with Gasteiger partial charge in [0.05, 0.1) is 6.10 Å². The van der Waals surface area contributed by atoms with Crippen molar-refractivity contribution in [2.75, 3.05) is 0 Å². The first-order chi connectivity index (χ1) is 8.99. The molecule has 1 aromatic carbocycles. The van der Waals surface area contributed by atoms with Gasteiger partial charge in [0, 0.05) is 12.6 Å². The third-order valence-corrected chi connectivity index (χ3v) is 3.00. The first-order valence-electron chi connectivity index (χ1n) is 5.85. The number of halogens is 1. The lowest BCUT2D eigenvalue weighted by atomic mass is 10.1. The maximum Gasteiger partial charge on any atom is 0.214 e. The van der Waals surface area contributed by atoms with E-state index in [0.29, 0.717) is 21.6 Å². The molecule has 0 fully saturated rings. The molecule has 0 aliphatic rings. The average Bonchev–Trinajstić information content (AvgIpc) is 2.68. The molecule has 0 aliphatic carbocycles. The molecule has 19 heavy (non-hydrogen) atoms. The van der Waals surface area contributed by atoms with Crippen LogP contribution in [0.4, 0.5) is 0 Å². The summed E-state index contributed by atoms with van der Waals surface area (Å²) in [7, 11) is 1.68. The minimum absolute atomic E-state index is 0.0652. The van der Waals surface area contributed by atoms with Crippen molar-refractivity contribution in [1.82, 2.24) is 15.0 Å². The van der Waals surface area contributed by atoms with Gasteiger partial charge in [0.25, 0.3) is 0 Å². The van der Waals surface area contributed by atoms with E-state index >= 15 is 0 Å². The van der Waals surface area contributed by atoms with Crippen LogP contribution < -0.4 is 4.74 Å². The molecule has 0 saturated carbocycles. The highest BCUT2D eigenvalue weighted by Crippen LogP contribution is 2.20. The van der Waals surface area contributed by atoms with E-state index in [0.717, 1.165) is 0 Å². The van der Waals surface area contributed by atoms with Crippen molar-refractivity contribution >= 4 is 21.7 Å². The molecular formula is C13H14BrN3O2. The number of benzene rings is 1. The summed E-state index contributed by atoms with van der Waals surface area (Å²) in [6, 6.07) is 7.09. The largest absolute Gasteiger partial charge is 0.491 e. The van der Waals surface area contributed by atoms with Crippen LogP contribution in [0.5, 0.6) is 5.75 Å². The summed E-state index contributed by atoms with van der Waals surface area (Å²) in [6.07, 6.45) is 0.0652. The van der Waals surface area contributed by atoms with Crippen molar-refractivity contribution in [2.45, 2.75) is 20.0 Å². The van der Waals surface area contributed by atoms with Crippen LogP contribution in [-0.2, 0) is 7.05 Å². The zero-order valence-corrected chi connectivity index (χ0v) is 12.5. The van der Waals surface area contributed by atoms with Crippen LogP contribution in [0.2, 0.25) is 0 Å². The van der Waals surface area contributed by atoms with Crippen molar-refractivity contribution in [1.29, 1.82) is 0 Å². The number of rotatable bonds is 4. The average molecular weight is 324 g/mol. The number of carbonyl (C=O) groups excluding carboxylic acids is 1. The Morgan fingerprint density at radius 3 is 2.74 bits per heavy atom. The van der Waals surface area contributed by atoms with E-state index in [-0.39, 0.29) is 11.9 Å². The molecule has 0 N–H and O–H groups in total. The fourth-order valence-corrected chi connectivity index (χ4v) is 2.20. The molecule has 1 heterocycles. The molecular weight excluding hydrogens is 310 g/mol. The van der Waals surface area contributed by atoms with Crippen LogP contribution in [0.15, 0.2) is 28.9 Å². The van der Waals surface area contributed by atoms with Crippen LogP contribution in [0, 0.1) is 0 Å². The minimum Gasteiger partial charge on any atom is -0.491 e. The number of hydrogen-bond donors (Lipinski definition) is 0. The smallest absolute Gasteiger partial charge is 0.214 e. The summed E-state index contributed by atoms with van der Waals surface area (Å²) >= 11 is 3.23. The molecule has 0 bridgehead atoms. The monoisotopic (exact) mass is 323 g/mol. The van der Waals surface area contributed by atoms with Gasteiger partial charge in [-0.1, -0.05) is 17.3 Å². The second kappa shape index (κ2) is 5.52. The summed E-state index contributed by atoms with van der Waals surface area (Å²) < 4.78 is 7.47. The highest BCUT2D eigenvalue weighted by molar-refractivity contribution is 9.10. The molecule has 2 aromatic rings. The summed E-state index contributed by atoms with van der Waals surface area (Å²) in [5.74, 6) is 0.528. The van der Waals surface area contributed by atoms with E-state index in [1.807, 2.05) is 19.9 Å². The summed E-state index contributed by atoms with van der Waals surface area (Å²) in [4.78, 5) is 12.4. The van der Waals surface area contributed by atoms with Gasteiger partial charge in [-0.15, -0.1) is 5.10 Å². The fraction of sp³-hybridized carbons (Fsp3) is 0.308. The fourth-order valence-electron chi connectivity index (χ4n) is 1.69. The van der Waals surface area contributed by atoms with Gasteiger partial charge in [0.15, 0.2) is 4.60 Å². The lowest BCUT2D eigenvalue weighted by molar-refractivity contribution is 0.102. The lowest BCUT2D eigenvalue weighted by Gasteiger charge is -2.10. The molecule has 0 saturated heterocycles.